The second kappa shape index (κ2) is 6.41. The summed E-state index contributed by atoms with van der Waals surface area (Å²) in [6.07, 6.45) is 2.00. The Labute approximate surface area is 128 Å². The van der Waals surface area contributed by atoms with Crippen molar-refractivity contribution in [1.29, 1.82) is 0 Å². The summed E-state index contributed by atoms with van der Waals surface area (Å²) in [5, 5.41) is 0. The molecule has 0 amide bonds. The van der Waals surface area contributed by atoms with E-state index in [0.29, 0.717) is 10.2 Å². The third-order valence-corrected chi connectivity index (χ3v) is 4.96. The van der Waals surface area contributed by atoms with Crippen molar-refractivity contribution < 1.29 is 8.42 Å². The van der Waals surface area contributed by atoms with Crippen LogP contribution in [0.4, 0.5) is 5.69 Å². The van der Waals surface area contributed by atoms with Crippen LogP contribution in [0.15, 0.2) is 57.9 Å². The maximum Gasteiger partial charge on any atom is 0.261 e. The molecule has 0 unspecified atom stereocenters. The molecule has 0 radical (unpaired) electrons. The molecule has 0 aromatic heterocycles. The first-order valence-corrected chi connectivity index (χ1v) is 8.67. The van der Waals surface area contributed by atoms with E-state index in [0.717, 1.165) is 18.4 Å². The van der Waals surface area contributed by atoms with Gasteiger partial charge in [-0.25, -0.2) is 8.42 Å². The van der Waals surface area contributed by atoms with E-state index in [1.807, 2.05) is 18.2 Å². The van der Waals surface area contributed by atoms with Gasteiger partial charge in [-0.05, 0) is 52.2 Å². The van der Waals surface area contributed by atoms with Crippen LogP contribution in [0.5, 0.6) is 0 Å². The van der Waals surface area contributed by atoms with E-state index >= 15 is 0 Å². The summed E-state index contributed by atoms with van der Waals surface area (Å²) in [6.45, 7) is 2.10. The third-order valence-electron chi connectivity index (χ3n) is 2.89. The predicted molar refractivity (Wildman–Crippen MR) is 85.4 cm³/mol. The van der Waals surface area contributed by atoms with Crippen molar-refractivity contribution in [2.75, 3.05) is 4.72 Å². The minimum atomic E-state index is -3.55. The van der Waals surface area contributed by atoms with Crippen LogP contribution in [0.1, 0.15) is 18.9 Å². The van der Waals surface area contributed by atoms with E-state index in [1.54, 1.807) is 30.3 Å². The monoisotopic (exact) mass is 353 g/mol. The molecule has 0 bridgehead atoms. The smallest absolute Gasteiger partial charge is 0.261 e. The molecule has 0 fully saturated rings. The normalized spacial score (nSPS) is 11.3. The Morgan fingerprint density at radius 2 is 1.70 bits per heavy atom. The van der Waals surface area contributed by atoms with E-state index in [-0.39, 0.29) is 4.90 Å². The zero-order valence-corrected chi connectivity index (χ0v) is 13.5. The highest BCUT2D eigenvalue weighted by molar-refractivity contribution is 9.10. The van der Waals surface area contributed by atoms with Crippen molar-refractivity contribution in [2.45, 2.75) is 24.7 Å². The van der Waals surface area contributed by atoms with E-state index in [4.69, 9.17) is 0 Å². The lowest BCUT2D eigenvalue weighted by Crippen LogP contribution is -2.13. The highest BCUT2D eigenvalue weighted by Crippen LogP contribution is 2.24. The molecular weight excluding hydrogens is 338 g/mol. The zero-order valence-electron chi connectivity index (χ0n) is 11.1. The van der Waals surface area contributed by atoms with Crippen LogP contribution in [0, 0.1) is 0 Å². The van der Waals surface area contributed by atoms with Gasteiger partial charge in [0.05, 0.1) is 10.6 Å². The fraction of sp³-hybridized carbons (Fsp3) is 0.200. The second-order valence-corrected chi connectivity index (χ2v) is 7.02. The molecular formula is C15H16BrNO2S. The SMILES string of the molecule is CCCc1ccc(S(=O)(=O)Nc2ccccc2Br)cc1. The third kappa shape index (κ3) is 3.61. The summed E-state index contributed by atoms with van der Waals surface area (Å²) >= 11 is 3.33. The molecule has 0 saturated carbocycles. The van der Waals surface area contributed by atoms with Crippen molar-refractivity contribution >= 4 is 31.6 Å². The van der Waals surface area contributed by atoms with Crippen LogP contribution in [-0.4, -0.2) is 8.42 Å². The number of hydrogen-bond acceptors (Lipinski definition) is 2. The Bertz CT molecular complexity index is 681. The Hall–Kier alpha value is -1.33. The molecule has 5 heteroatoms. The van der Waals surface area contributed by atoms with Gasteiger partial charge < -0.3 is 0 Å². The number of sulfonamides is 1. The van der Waals surface area contributed by atoms with Gasteiger partial charge in [-0.15, -0.1) is 0 Å². The van der Waals surface area contributed by atoms with Gasteiger partial charge in [-0.2, -0.15) is 0 Å². The van der Waals surface area contributed by atoms with Gasteiger partial charge in [0.15, 0.2) is 0 Å². The number of hydrogen-bond donors (Lipinski definition) is 1. The maximum absolute atomic E-state index is 12.3. The number of aryl methyl sites for hydroxylation is 1. The van der Waals surface area contributed by atoms with E-state index in [1.165, 1.54) is 0 Å². The minimum absolute atomic E-state index is 0.271. The molecule has 2 rings (SSSR count). The van der Waals surface area contributed by atoms with Crippen LogP contribution < -0.4 is 4.72 Å². The quantitative estimate of drug-likeness (QED) is 0.875. The largest absolute Gasteiger partial charge is 0.278 e. The average molecular weight is 354 g/mol. The molecule has 0 aliphatic carbocycles. The van der Waals surface area contributed by atoms with Crippen LogP contribution in [0.3, 0.4) is 0 Å². The summed E-state index contributed by atoms with van der Waals surface area (Å²) in [5.41, 5.74) is 1.68. The van der Waals surface area contributed by atoms with Crippen LogP contribution in [0.2, 0.25) is 0 Å². The topological polar surface area (TPSA) is 46.2 Å². The molecule has 0 aliphatic heterocycles. The highest BCUT2D eigenvalue weighted by atomic mass is 79.9. The van der Waals surface area contributed by atoms with Crippen molar-refractivity contribution in [3.05, 3.63) is 58.6 Å². The number of para-hydroxylation sites is 1. The number of nitrogens with one attached hydrogen (secondary N) is 1. The van der Waals surface area contributed by atoms with E-state index in [9.17, 15) is 8.42 Å². The van der Waals surface area contributed by atoms with Crippen molar-refractivity contribution in [1.82, 2.24) is 0 Å². The molecule has 1 N–H and O–H groups in total. The molecule has 20 heavy (non-hydrogen) atoms. The first kappa shape index (κ1) is 15.1. The summed E-state index contributed by atoms with van der Waals surface area (Å²) < 4.78 is 27.9. The number of rotatable bonds is 5. The van der Waals surface area contributed by atoms with E-state index < -0.39 is 10.0 Å². The predicted octanol–water partition coefficient (Wildman–Crippen LogP) is 4.20. The Balaban J connectivity index is 2.24. The molecule has 0 spiro atoms. The van der Waals surface area contributed by atoms with Crippen LogP contribution in [-0.2, 0) is 16.4 Å². The number of halogens is 1. The zero-order chi connectivity index (χ0) is 14.6. The summed E-state index contributed by atoms with van der Waals surface area (Å²) in [7, 11) is -3.55. The standard InChI is InChI=1S/C15H16BrNO2S/c1-2-5-12-8-10-13(11-9-12)20(18,19)17-15-7-4-3-6-14(15)16/h3-4,6-11,17H,2,5H2,1H3. The summed E-state index contributed by atoms with van der Waals surface area (Å²) in [6, 6.07) is 14.1. The van der Waals surface area contributed by atoms with Crippen molar-refractivity contribution in [3.8, 4) is 0 Å². The molecule has 106 valence electrons. The summed E-state index contributed by atoms with van der Waals surface area (Å²) in [4.78, 5) is 0.271. The fourth-order valence-electron chi connectivity index (χ4n) is 1.87. The first-order valence-electron chi connectivity index (χ1n) is 6.39. The van der Waals surface area contributed by atoms with Gasteiger partial charge in [0.2, 0.25) is 0 Å². The van der Waals surface area contributed by atoms with Gasteiger partial charge in [0.25, 0.3) is 10.0 Å². The lowest BCUT2D eigenvalue weighted by Gasteiger charge is -2.10. The lowest BCUT2D eigenvalue weighted by atomic mass is 10.1. The van der Waals surface area contributed by atoms with E-state index in [2.05, 4.69) is 27.6 Å². The Morgan fingerprint density at radius 3 is 2.30 bits per heavy atom. The van der Waals surface area contributed by atoms with Gasteiger partial charge in [-0.3, -0.25) is 4.72 Å². The Morgan fingerprint density at radius 1 is 1.05 bits per heavy atom. The average Bonchev–Trinajstić information content (AvgIpc) is 2.42. The van der Waals surface area contributed by atoms with Gasteiger partial charge in [-0.1, -0.05) is 37.6 Å². The molecule has 0 saturated heterocycles. The van der Waals surface area contributed by atoms with Gasteiger partial charge >= 0.3 is 0 Å². The van der Waals surface area contributed by atoms with Gasteiger partial charge in [0.1, 0.15) is 0 Å². The minimum Gasteiger partial charge on any atom is -0.278 e. The number of benzene rings is 2. The Kier molecular flexibility index (Phi) is 4.83. The van der Waals surface area contributed by atoms with Crippen LogP contribution >= 0.6 is 15.9 Å². The van der Waals surface area contributed by atoms with Gasteiger partial charge in [0, 0.05) is 4.47 Å². The summed E-state index contributed by atoms with van der Waals surface area (Å²) in [5.74, 6) is 0. The highest BCUT2D eigenvalue weighted by Gasteiger charge is 2.15. The van der Waals surface area contributed by atoms with Crippen molar-refractivity contribution in [2.24, 2.45) is 0 Å². The molecule has 0 heterocycles. The fourth-order valence-corrected chi connectivity index (χ4v) is 3.47. The number of anilines is 1. The van der Waals surface area contributed by atoms with Crippen LogP contribution in [0.25, 0.3) is 0 Å². The molecule has 3 nitrogen and oxygen atoms in total. The lowest BCUT2D eigenvalue weighted by molar-refractivity contribution is 0.601. The van der Waals surface area contributed by atoms with Crippen molar-refractivity contribution in [3.63, 3.8) is 0 Å². The molecule has 2 aromatic carbocycles. The second-order valence-electron chi connectivity index (χ2n) is 4.48. The molecule has 2 aromatic rings. The molecule has 0 aliphatic rings. The molecule has 0 atom stereocenters. The maximum atomic E-state index is 12.3. The first-order chi connectivity index (χ1) is 9.53.